The number of furan rings is 1. The molecule has 0 N–H and O–H groups in total. The lowest BCUT2D eigenvalue weighted by molar-refractivity contribution is 0.669. The van der Waals surface area contributed by atoms with Crippen LogP contribution in [0.25, 0.3) is 85.6 Å². The van der Waals surface area contributed by atoms with Crippen molar-refractivity contribution in [1.82, 2.24) is 0 Å². The lowest BCUT2D eigenvalue weighted by Gasteiger charge is -2.27. The SMILES string of the molecule is c1ccc2c(c1)cc(-c1ccc(N(c3ccc4oc5ccccc5c4c3)c3cccc4ccc5c6ccccc6sc5c34)cc1)c1ccccc12. The van der Waals surface area contributed by atoms with Crippen molar-refractivity contribution in [1.29, 1.82) is 0 Å². The van der Waals surface area contributed by atoms with E-state index in [0.29, 0.717) is 0 Å². The molecule has 0 aliphatic rings. The molecule has 0 spiro atoms. The number of hydrogen-bond donors (Lipinski definition) is 0. The lowest BCUT2D eigenvalue weighted by Crippen LogP contribution is -2.10. The normalized spacial score (nSPS) is 11.9. The largest absolute Gasteiger partial charge is 0.456 e. The maximum Gasteiger partial charge on any atom is 0.135 e. The molecule has 0 radical (unpaired) electrons. The molecule has 11 rings (SSSR count). The minimum atomic E-state index is 0.892. The molecule has 0 bridgehead atoms. The zero-order valence-corrected chi connectivity index (χ0v) is 28.3. The van der Waals surface area contributed by atoms with Crippen molar-refractivity contribution in [2.45, 2.75) is 0 Å². The van der Waals surface area contributed by atoms with Gasteiger partial charge in [-0.15, -0.1) is 11.3 Å². The Morgan fingerprint density at radius 3 is 1.98 bits per heavy atom. The monoisotopic (exact) mass is 667 g/mol. The van der Waals surface area contributed by atoms with Crippen molar-refractivity contribution < 1.29 is 4.42 Å². The Labute approximate surface area is 298 Å². The van der Waals surface area contributed by atoms with E-state index in [1.54, 1.807) is 0 Å². The number of hydrogen-bond acceptors (Lipinski definition) is 3. The summed E-state index contributed by atoms with van der Waals surface area (Å²) in [6, 6.07) is 63.8. The molecule has 0 atom stereocenters. The van der Waals surface area contributed by atoms with E-state index < -0.39 is 0 Å². The molecule has 0 saturated carbocycles. The average molecular weight is 668 g/mol. The minimum Gasteiger partial charge on any atom is -0.456 e. The number of nitrogens with zero attached hydrogens (tertiary/aromatic N) is 1. The highest BCUT2D eigenvalue weighted by atomic mass is 32.1. The Morgan fingerprint density at radius 2 is 1.10 bits per heavy atom. The Morgan fingerprint density at radius 1 is 0.412 bits per heavy atom. The highest BCUT2D eigenvalue weighted by molar-refractivity contribution is 7.26. The Hall–Kier alpha value is -6.42. The molecule has 0 amide bonds. The lowest BCUT2D eigenvalue weighted by atomic mass is 9.93. The molecule has 238 valence electrons. The van der Waals surface area contributed by atoms with E-state index in [9.17, 15) is 0 Å². The topological polar surface area (TPSA) is 16.4 Å². The summed E-state index contributed by atoms with van der Waals surface area (Å²) in [5.74, 6) is 0. The van der Waals surface area contributed by atoms with E-state index in [0.717, 1.165) is 39.0 Å². The van der Waals surface area contributed by atoms with Crippen LogP contribution >= 0.6 is 11.3 Å². The fraction of sp³-hybridized carbons (Fsp3) is 0. The summed E-state index contributed by atoms with van der Waals surface area (Å²) in [7, 11) is 0. The molecule has 2 aromatic heterocycles. The van der Waals surface area contributed by atoms with Crippen molar-refractivity contribution in [3.8, 4) is 11.1 Å². The van der Waals surface area contributed by atoms with E-state index in [1.807, 2.05) is 23.5 Å². The minimum absolute atomic E-state index is 0.892. The molecule has 0 aliphatic heterocycles. The Bertz CT molecular complexity index is 3150. The number of benzene rings is 9. The number of anilines is 3. The predicted octanol–water partition coefficient (Wildman–Crippen LogP) is 14.6. The molecule has 0 unspecified atom stereocenters. The maximum atomic E-state index is 6.27. The highest BCUT2D eigenvalue weighted by Crippen LogP contribution is 2.47. The van der Waals surface area contributed by atoms with Crippen LogP contribution in [0, 0.1) is 0 Å². The zero-order valence-electron chi connectivity index (χ0n) is 27.5. The third kappa shape index (κ3) is 4.35. The van der Waals surface area contributed by atoms with Crippen LogP contribution in [-0.4, -0.2) is 0 Å². The zero-order chi connectivity index (χ0) is 33.5. The molecule has 0 fully saturated rings. The van der Waals surface area contributed by atoms with Crippen LogP contribution in [0.15, 0.2) is 180 Å². The van der Waals surface area contributed by atoms with Crippen molar-refractivity contribution in [3.63, 3.8) is 0 Å². The summed E-state index contributed by atoms with van der Waals surface area (Å²) in [5.41, 5.74) is 7.57. The molecule has 11 aromatic rings. The highest BCUT2D eigenvalue weighted by Gasteiger charge is 2.20. The molecular weight excluding hydrogens is 639 g/mol. The standard InChI is InChI=1S/C48H29NOS/c1-2-12-35-32(10-1)28-41(37-14-4-3-13-36(35)37)30-20-23-33(24-21-30)49(34-25-27-45-42(29-34)38-15-5-7-18-44(38)50-45)43-17-9-11-31-22-26-40-39-16-6-8-19-46(39)51-48(40)47(31)43/h1-29H. The number of rotatable bonds is 4. The molecule has 0 aliphatic carbocycles. The van der Waals surface area contributed by atoms with Gasteiger partial charge in [-0.2, -0.15) is 0 Å². The summed E-state index contributed by atoms with van der Waals surface area (Å²) < 4.78 is 8.89. The van der Waals surface area contributed by atoms with Crippen LogP contribution in [0.1, 0.15) is 0 Å². The van der Waals surface area contributed by atoms with E-state index in [4.69, 9.17) is 4.42 Å². The van der Waals surface area contributed by atoms with Crippen LogP contribution in [0.2, 0.25) is 0 Å². The first kappa shape index (κ1) is 28.4. The Balaban J connectivity index is 1.16. The van der Waals surface area contributed by atoms with Gasteiger partial charge in [-0.1, -0.05) is 121 Å². The van der Waals surface area contributed by atoms with Gasteiger partial charge in [0.25, 0.3) is 0 Å². The van der Waals surface area contributed by atoms with Crippen molar-refractivity contribution in [2.24, 2.45) is 0 Å². The van der Waals surface area contributed by atoms with E-state index in [-0.39, 0.29) is 0 Å². The van der Waals surface area contributed by atoms with Gasteiger partial charge in [-0.3, -0.25) is 0 Å². The van der Waals surface area contributed by atoms with Crippen LogP contribution in [0.3, 0.4) is 0 Å². The van der Waals surface area contributed by atoms with Crippen molar-refractivity contribution in [3.05, 3.63) is 176 Å². The maximum absolute atomic E-state index is 6.27. The predicted molar refractivity (Wildman–Crippen MR) is 219 cm³/mol. The van der Waals surface area contributed by atoms with E-state index in [1.165, 1.54) is 63.6 Å². The summed E-state index contributed by atoms with van der Waals surface area (Å²) in [4.78, 5) is 2.43. The van der Waals surface area contributed by atoms with Gasteiger partial charge in [0.1, 0.15) is 11.2 Å². The third-order valence-electron chi connectivity index (χ3n) is 10.4. The molecule has 3 heteroatoms. The van der Waals surface area contributed by atoms with Gasteiger partial charge in [0.15, 0.2) is 0 Å². The van der Waals surface area contributed by atoms with Crippen LogP contribution in [0.4, 0.5) is 17.1 Å². The Kier molecular flexibility index (Phi) is 6.16. The number of thiophene rings is 1. The van der Waals surface area contributed by atoms with Gasteiger partial charge in [0.05, 0.1) is 5.69 Å². The third-order valence-corrected chi connectivity index (χ3v) is 11.6. The fourth-order valence-electron chi connectivity index (χ4n) is 8.08. The average Bonchev–Trinajstić information content (AvgIpc) is 3.76. The van der Waals surface area contributed by atoms with Crippen molar-refractivity contribution in [2.75, 3.05) is 4.90 Å². The van der Waals surface area contributed by atoms with Gasteiger partial charge in [0.2, 0.25) is 0 Å². The van der Waals surface area contributed by atoms with E-state index >= 15 is 0 Å². The fourth-order valence-corrected chi connectivity index (χ4v) is 9.35. The first-order valence-corrected chi connectivity index (χ1v) is 18.2. The van der Waals surface area contributed by atoms with Gasteiger partial charge in [0, 0.05) is 47.7 Å². The number of fused-ring (bicyclic) bond motifs is 11. The second-order valence-corrected chi connectivity index (χ2v) is 14.3. The number of para-hydroxylation sites is 1. The van der Waals surface area contributed by atoms with E-state index in [2.05, 4.69) is 169 Å². The molecular formula is C48H29NOS. The second kappa shape index (κ2) is 11.0. The van der Waals surface area contributed by atoms with Crippen LogP contribution in [-0.2, 0) is 0 Å². The van der Waals surface area contributed by atoms with Crippen molar-refractivity contribution >= 4 is 103 Å². The summed E-state index contributed by atoms with van der Waals surface area (Å²) in [6.07, 6.45) is 0. The summed E-state index contributed by atoms with van der Waals surface area (Å²) in [5, 5.41) is 12.4. The smallest absolute Gasteiger partial charge is 0.135 e. The second-order valence-electron chi connectivity index (χ2n) is 13.3. The quantitative estimate of drug-likeness (QED) is 0.174. The molecule has 51 heavy (non-hydrogen) atoms. The first-order valence-electron chi connectivity index (χ1n) is 17.3. The summed E-state index contributed by atoms with van der Waals surface area (Å²) >= 11 is 1.88. The molecule has 2 nitrogen and oxygen atoms in total. The van der Waals surface area contributed by atoms with Gasteiger partial charge in [-0.25, -0.2) is 0 Å². The van der Waals surface area contributed by atoms with Crippen LogP contribution in [0.5, 0.6) is 0 Å². The summed E-state index contributed by atoms with van der Waals surface area (Å²) in [6.45, 7) is 0. The van der Waals surface area contributed by atoms with Gasteiger partial charge < -0.3 is 9.32 Å². The molecule has 0 saturated heterocycles. The van der Waals surface area contributed by atoms with Gasteiger partial charge in [-0.05, 0) is 92.7 Å². The molecule has 2 heterocycles. The van der Waals surface area contributed by atoms with Crippen LogP contribution < -0.4 is 4.90 Å². The first-order chi connectivity index (χ1) is 25.3. The van der Waals surface area contributed by atoms with Gasteiger partial charge >= 0.3 is 0 Å². The molecule has 9 aromatic carbocycles.